The zero-order chi connectivity index (χ0) is 11.3. The van der Waals surface area contributed by atoms with Crippen molar-refractivity contribution < 1.29 is 9.90 Å². The normalized spacial score (nSPS) is 12.2. The maximum atomic E-state index is 11.4. The van der Waals surface area contributed by atoms with Crippen molar-refractivity contribution in [1.29, 1.82) is 0 Å². The van der Waals surface area contributed by atoms with Crippen molar-refractivity contribution >= 4 is 17.5 Å². The highest BCUT2D eigenvalue weighted by Gasteiger charge is 2.08. The largest absolute Gasteiger partial charge is 0.396 e. The molecule has 0 bridgehead atoms. The van der Waals surface area contributed by atoms with Gasteiger partial charge < -0.3 is 10.4 Å². The summed E-state index contributed by atoms with van der Waals surface area (Å²) < 4.78 is 0. The van der Waals surface area contributed by atoms with Crippen molar-refractivity contribution in [2.75, 3.05) is 13.2 Å². The lowest BCUT2D eigenvalue weighted by molar-refractivity contribution is 0.0937. The zero-order valence-electron chi connectivity index (χ0n) is 8.27. The second-order valence-corrected chi connectivity index (χ2v) is 3.61. The topological polar surface area (TPSA) is 75.1 Å². The first-order valence-corrected chi connectivity index (χ1v) is 4.88. The van der Waals surface area contributed by atoms with Crippen LogP contribution in [0.1, 0.15) is 17.4 Å². The van der Waals surface area contributed by atoms with Crippen LogP contribution in [0.3, 0.4) is 0 Å². The SMILES string of the molecule is CC(CO)CNC(=O)c1cnc(Cl)cn1. The van der Waals surface area contributed by atoms with E-state index in [0.29, 0.717) is 6.54 Å². The van der Waals surface area contributed by atoms with Crippen LogP contribution in [-0.4, -0.2) is 34.1 Å². The molecule has 6 heteroatoms. The minimum atomic E-state index is -0.320. The summed E-state index contributed by atoms with van der Waals surface area (Å²) in [4.78, 5) is 19.0. The highest BCUT2D eigenvalue weighted by molar-refractivity contribution is 6.29. The average Bonchev–Trinajstić information content (AvgIpc) is 2.26. The molecule has 0 saturated heterocycles. The number of hydrogen-bond donors (Lipinski definition) is 2. The molecule has 0 radical (unpaired) electrons. The number of hydrogen-bond acceptors (Lipinski definition) is 4. The summed E-state index contributed by atoms with van der Waals surface area (Å²) in [6, 6.07) is 0. The molecule has 0 aromatic carbocycles. The predicted molar refractivity (Wildman–Crippen MR) is 55.6 cm³/mol. The first kappa shape index (κ1) is 11.9. The molecule has 0 aliphatic heterocycles. The Morgan fingerprint density at radius 3 is 2.87 bits per heavy atom. The Kier molecular flexibility index (Phi) is 4.45. The molecule has 82 valence electrons. The number of carbonyl (C=O) groups excluding carboxylic acids is 1. The van der Waals surface area contributed by atoms with Gasteiger partial charge in [-0.05, 0) is 5.92 Å². The van der Waals surface area contributed by atoms with Gasteiger partial charge in [0.25, 0.3) is 5.91 Å². The van der Waals surface area contributed by atoms with Crippen LogP contribution in [0.15, 0.2) is 12.4 Å². The summed E-state index contributed by atoms with van der Waals surface area (Å²) in [5.74, 6) is -0.298. The summed E-state index contributed by atoms with van der Waals surface area (Å²) >= 11 is 5.53. The molecule has 15 heavy (non-hydrogen) atoms. The van der Waals surface area contributed by atoms with Crippen LogP contribution >= 0.6 is 11.6 Å². The van der Waals surface area contributed by atoms with Crippen LogP contribution in [-0.2, 0) is 0 Å². The Balaban J connectivity index is 2.50. The molecule has 2 N–H and O–H groups in total. The van der Waals surface area contributed by atoms with E-state index in [1.165, 1.54) is 12.4 Å². The molecular formula is C9H12ClN3O2. The Hall–Kier alpha value is -1.20. The number of aliphatic hydroxyl groups is 1. The smallest absolute Gasteiger partial charge is 0.271 e. The van der Waals surface area contributed by atoms with E-state index in [4.69, 9.17) is 16.7 Å². The van der Waals surface area contributed by atoms with Gasteiger partial charge in [-0.3, -0.25) is 4.79 Å². The molecule has 1 heterocycles. The number of rotatable bonds is 4. The monoisotopic (exact) mass is 229 g/mol. The fourth-order valence-corrected chi connectivity index (χ4v) is 0.949. The molecule has 0 aliphatic carbocycles. The first-order chi connectivity index (χ1) is 7.13. The van der Waals surface area contributed by atoms with E-state index in [1.54, 1.807) is 0 Å². The predicted octanol–water partition coefficient (Wildman–Crippen LogP) is 0.488. The molecule has 1 unspecified atom stereocenters. The van der Waals surface area contributed by atoms with Gasteiger partial charge in [-0.25, -0.2) is 9.97 Å². The van der Waals surface area contributed by atoms with Gasteiger partial charge in [-0.15, -0.1) is 0 Å². The van der Waals surface area contributed by atoms with Crippen molar-refractivity contribution in [3.8, 4) is 0 Å². The van der Waals surface area contributed by atoms with E-state index >= 15 is 0 Å². The first-order valence-electron chi connectivity index (χ1n) is 4.50. The van der Waals surface area contributed by atoms with Crippen LogP contribution in [0.5, 0.6) is 0 Å². The van der Waals surface area contributed by atoms with E-state index in [-0.39, 0.29) is 29.3 Å². The lowest BCUT2D eigenvalue weighted by Crippen LogP contribution is -2.30. The van der Waals surface area contributed by atoms with E-state index in [2.05, 4.69) is 15.3 Å². The van der Waals surface area contributed by atoms with Crippen LogP contribution < -0.4 is 5.32 Å². The van der Waals surface area contributed by atoms with Gasteiger partial charge in [0.1, 0.15) is 10.8 Å². The molecule has 1 rings (SSSR count). The number of amides is 1. The Labute approximate surface area is 92.5 Å². The van der Waals surface area contributed by atoms with Crippen LogP contribution in [0.2, 0.25) is 5.15 Å². The summed E-state index contributed by atoms with van der Waals surface area (Å²) in [6.07, 6.45) is 2.62. The van der Waals surface area contributed by atoms with Crippen molar-refractivity contribution in [3.05, 3.63) is 23.2 Å². The maximum absolute atomic E-state index is 11.4. The van der Waals surface area contributed by atoms with Gasteiger partial charge in [0.15, 0.2) is 0 Å². The number of aromatic nitrogens is 2. The number of nitrogens with one attached hydrogen (secondary N) is 1. The van der Waals surface area contributed by atoms with Gasteiger partial charge in [-0.2, -0.15) is 0 Å². The molecule has 0 fully saturated rings. The highest BCUT2D eigenvalue weighted by atomic mass is 35.5. The Morgan fingerprint density at radius 1 is 1.60 bits per heavy atom. The second-order valence-electron chi connectivity index (χ2n) is 3.22. The summed E-state index contributed by atoms with van der Waals surface area (Å²) in [7, 11) is 0. The third-order valence-corrected chi connectivity index (χ3v) is 1.97. The number of carbonyl (C=O) groups is 1. The number of aliphatic hydroxyl groups excluding tert-OH is 1. The minimum absolute atomic E-state index is 0.0224. The molecule has 1 aromatic heterocycles. The molecule has 0 spiro atoms. The third-order valence-electron chi connectivity index (χ3n) is 1.78. The lowest BCUT2D eigenvalue weighted by Gasteiger charge is -2.08. The van der Waals surface area contributed by atoms with E-state index in [9.17, 15) is 4.79 Å². The third kappa shape index (κ3) is 3.81. The molecular weight excluding hydrogens is 218 g/mol. The fraction of sp³-hybridized carbons (Fsp3) is 0.444. The summed E-state index contributed by atoms with van der Waals surface area (Å²) in [5, 5.41) is 11.6. The molecule has 1 aromatic rings. The van der Waals surface area contributed by atoms with Crippen LogP contribution in [0.25, 0.3) is 0 Å². The van der Waals surface area contributed by atoms with Gasteiger partial charge >= 0.3 is 0 Å². The summed E-state index contributed by atoms with van der Waals surface area (Å²) in [6.45, 7) is 2.26. The van der Waals surface area contributed by atoms with E-state index in [0.717, 1.165) is 0 Å². The van der Waals surface area contributed by atoms with Crippen molar-refractivity contribution in [3.63, 3.8) is 0 Å². The molecule has 5 nitrogen and oxygen atoms in total. The lowest BCUT2D eigenvalue weighted by atomic mass is 10.2. The van der Waals surface area contributed by atoms with Gasteiger partial charge in [0, 0.05) is 13.2 Å². The number of nitrogens with zero attached hydrogens (tertiary/aromatic N) is 2. The molecule has 1 atom stereocenters. The highest BCUT2D eigenvalue weighted by Crippen LogP contribution is 2.01. The van der Waals surface area contributed by atoms with E-state index in [1.807, 2.05) is 6.92 Å². The van der Waals surface area contributed by atoms with Crippen molar-refractivity contribution in [2.45, 2.75) is 6.92 Å². The minimum Gasteiger partial charge on any atom is -0.396 e. The molecule has 0 saturated carbocycles. The fourth-order valence-electron chi connectivity index (χ4n) is 0.852. The van der Waals surface area contributed by atoms with E-state index < -0.39 is 0 Å². The second kappa shape index (κ2) is 5.63. The van der Waals surface area contributed by atoms with Crippen molar-refractivity contribution in [1.82, 2.24) is 15.3 Å². The summed E-state index contributed by atoms with van der Waals surface area (Å²) in [5.41, 5.74) is 0.213. The van der Waals surface area contributed by atoms with Gasteiger partial charge in [-0.1, -0.05) is 18.5 Å². The molecule has 0 aliphatic rings. The Morgan fingerprint density at radius 2 is 2.33 bits per heavy atom. The number of halogens is 1. The van der Waals surface area contributed by atoms with Gasteiger partial charge in [0.2, 0.25) is 0 Å². The van der Waals surface area contributed by atoms with Crippen molar-refractivity contribution in [2.24, 2.45) is 5.92 Å². The van der Waals surface area contributed by atoms with Crippen LogP contribution in [0, 0.1) is 5.92 Å². The standard InChI is InChI=1S/C9H12ClN3O2/c1-6(5-14)2-13-9(15)7-3-12-8(10)4-11-7/h3-4,6,14H,2,5H2,1H3,(H,13,15). The van der Waals surface area contributed by atoms with Gasteiger partial charge in [0.05, 0.1) is 12.4 Å². The average molecular weight is 230 g/mol. The Bertz CT molecular complexity index is 329. The molecule has 1 amide bonds. The van der Waals surface area contributed by atoms with Crippen LogP contribution in [0.4, 0.5) is 0 Å². The zero-order valence-corrected chi connectivity index (χ0v) is 9.03. The quantitative estimate of drug-likeness (QED) is 0.788. The maximum Gasteiger partial charge on any atom is 0.271 e.